The van der Waals surface area contributed by atoms with E-state index in [-0.39, 0.29) is 5.83 Å². The van der Waals surface area contributed by atoms with Crippen LogP contribution >= 0.6 is 11.6 Å². The molecule has 3 rings (SSSR count). The van der Waals surface area contributed by atoms with E-state index in [1.54, 1.807) is 13.0 Å². The summed E-state index contributed by atoms with van der Waals surface area (Å²) in [5.74, 6) is 0.415. The van der Waals surface area contributed by atoms with Crippen LogP contribution in [-0.2, 0) is 6.42 Å². The Hall–Kier alpha value is -2.06. The standard InChI is InChI=1S/C15H22FN.C11H13Cl.C5H10/c1-5-15(16)7-6-13(4)17-10-8-14(9-11-17)12(2)3;1-4-9-7-10(12)5-6-11(9)8(2)3;1-2-4-5-3-1/h5-7,14H,2,4,8-11H2,1,3H3;5-7H,2,4H2,1,3H3;1-5H2/b7-6-,15-5+;;. The molecule has 1 aromatic rings. The van der Waals surface area contributed by atoms with Gasteiger partial charge in [0.25, 0.3) is 0 Å². The van der Waals surface area contributed by atoms with Crippen LogP contribution in [0.15, 0.2) is 73.3 Å². The minimum atomic E-state index is -0.219. The van der Waals surface area contributed by atoms with Gasteiger partial charge in [-0.25, -0.2) is 4.39 Å². The van der Waals surface area contributed by atoms with Gasteiger partial charge in [0.2, 0.25) is 0 Å². The van der Waals surface area contributed by atoms with Crippen LogP contribution in [0.2, 0.25) is 5.02 Å². The van der Waals surface area contributed by atoms with Gasteiger partial charge in [-0.2, -0.15) is 0 Å². The van der Waals surface area contributed by atoms with Gasteiger partial charge in [0.1, 0.15) is 5.83 Å². The van der Waals surface area contributed by atoms with Crippen molar-refractivity contribution in [1.29, 1.82) is 0 Å². The van der Waals surface area contributed by atoms with E-state index in [0.29, 0.717) is 5.92 Å². The molecule has 1 aliphatic heterocycles. The highest BCUT2D eigenvalue weighted by atomic mass is 35.5. The van der Waals surface area contributed by atoms with Crippen LogP contribution in [0.3, 0.4) is 0 Å². The zero-order valence-electron chi connectivity index (χ0n) is 21.9. The Morgan fingerprint density at radius 2 is 1.59 bits per heavy atom. The SMILES string of the molecule is C1CCCC1.C=C(C)C1CCN(C(=C)/C=C\C(F)=C/C)CC1.C=C(C)c1ccc(Cl)cc1CC. The predicted molar refractivity (Wildman–Crippen MR) is 151 cm³/mol. The maximum Gasteiger partial charge on any atom is 0.119 e. The van der Waals surface area contributed by atoms with E-state index >= 15 is 0 Å². The van der Waals surface area contributed by atoms with Crippen molar-refractivity contribution in [3.05, 3.63) is 89.4 Å². The molecule has 34 heavy (non-hydrogen) atoms. The summed E-state index contributed by atoms with van der Waals surface area (Å²) >= 11 is 5.87. The Morgan fingerprint density at radius 1 is 1.03 bits per heavy atom. The van der Waals surface area contributed by atoms with E-state index in [9.17, 15) is 4.39 Å². The van der Waals surface area contributed by atoms with Gasteiger partial charge < -0.3 is 4.90 Å². The van der Waals surface area contributed by atoms with Gasteiger partial charge in [-0.1, -0.05) is 93.7 Å². The van der Waals surface area contributed by atoms with Gasteiger partial charge in [0.05, 0.1) is 0 Å². The summed E-state index contributed by atoms with van der Waals surface area (Å²) in [6, 6.07) is 5.94. The Morgan fingerprint density at radius 3 is 2.03 bits per heavy atom. The van der Waals surface area contributed by atoms with Gasteiger partial charge in [0.15, 0.2) is 0 Å². The number of aryl methyl sites for hydroxylation is 1. The number of hydrogen-bond acceptors (Lipinski definition) is 1. The molecule has 0 bridgehead atoms. The lowest BCUT2D eigenvalue weighted by Gasteiger charge is -2.34. The molecule has 2 aliphatic rings. The maximum atomic E-state index is 12.9. The number of halogens is 2. The first-order chi connectivity index (χ1) is 16.2. The third-order valence-electron chi connectivity index (χ3n) is 6.47. The summed E-state index contributed by atoms with van der Waals surface area (Å²) in [5.41, 5.74) is 5.76. The normalized spacial score (nSPS) is 16.4. The molecule has 1 aliphatic carbocycles. The van der Waals surface area contributed by atoms with Crippen molar-refractivity contribution in [3.63, 3.8) is 0 Å². The molecule has 2 fully saturated rings. The van der Waals surface area contributed by atoms with Crippen molar-refractivity contribution in [2.24, 2.45) is 5.92 Å². The molecule has 0 aromatic heterocycles. The van der Waals surface area contributed by atoms with E-state index in [1.165, 1.54) is 61.0 Å². The highest BCUT2D eigenvalue weighted by Gasteiger charge is 2.19. The minimum absolute atomic E-state index is 0.219. The highest BCUT2D eigenvalue weighted by Crippen LogP contribution is 2.25. The average Bonchev–Trinajstić information content (AvgIpc) is 3.42. The number of rotatable bonds is 6. The van der Waals surface area contributed by atoms with Crippen LogP contribution in [-0.4, -0.2) is 18.0 Å². The Kier molecular flexibility index (Phi) is 14.6. The smallest absolute Gasteiger partial charge is 0.119 e. The first-order valence-corrected chi connectivity index (χ1v) is 13.1. The van der Waals surface area contributed by atoms with Gasteiger partial charge in [0, 0.05) is 23.8 Å². The summed E-state index contributed by atoms with van der Waals surface area (Å²) in [5, 5.41) is 0.803. The van der Waals surface area contributed by atoms with Crippen LogP contribution in [0.25, 0.3) is 5.57 Å². The predicted octanol–water partition coefficient (Wildman–Crippen LogP) is 10.1. The first kappa shape index (κ1) is 30.0. The third-order valence-corrected chi connectivity index (χ3v) is 6.70. The quantitative estimate of drug-likeness (QED) is 0.286. The summed E-state index contributed by atoms with van der Waals surface area (Å²) < 4.78 is 12.9. The van der Waals surface area contributed by atoms with Crippen LogP contribution in [0.1, 0.15) is 83.8 Å². The van der Waals surface area contributed by atoms with Crippen molar-refractivity contribution in [2.45, 2.75) is 79.1 Å². The van der Waals surface area contributed by atoms with Crippen LogP contribution in [0.4, 0.5) is 4.39 Å². The number of allylic oxidation sites excluding steroid dienone is 6. The molecule has 1 nitrogen and oxygen atoms in total. The van der Waals surface area contributed by atoms with Gasteiger partial charge in [-0.05, 0) is 81.4 Å². The molecule has 3 heteroatoms. The fourth-order valence-electron chi connectivity index (χ4n) is 4.19. The molecular weight excluding hydrogens is 441 g/mol. The summed E-state index contributed by atoms with van der Waals surface area (Å²) in [4.78, 5) is 2.21. The molecule has 1 aromatic carbocycles. The second-order valence-electron chi connectivity index (χ2n) is 9.31. The van der Waals surface area contributed by atoms with Crippen molar-refractivity contribution < 1.29 is 4.39 Å². The number of piperidine rings is 1. The fraction of sp³-hybridized carbons (Fsp3) is 0.484. The van der Waals surface area contributed by atoms with Gasteiger partial charge >= 0.3 is 0 Å². The van der Waals surface area contributed by atoms with E-state index in [4.69, 9.17) is 11.6 Å². The molecule has 188 valence electrons. The highest BCUT2D eigenvalue weighted by molar-refractivity contribution is 6.30. The zero-order chi connectivity index (χ0) is 25.5. The topological polar surface area (TPSA) is 3.24 Å². The van der Waals surface area contributed by atoms with Gasteiger partial charge in [-0.3, -0.25) is 0 Å². The second-order valence-corrected chi connectivity index (χ2v) is 9.75. The molecule has 0 radical (unpaired) electrons. The van der Waals surface area contributed by atoms with Crippen molar-refractivity contribution >= 4 is 17.2 Å². The van der Waals surface area contributed by atoms with Gasteiger partial charge in [-0.15, -0.1) is 0 Å². The largest absolute Gasteiger partial charge is 0.372 e. The summed E-state index contributed by atoms with van der Waals surface area (Å²) in [6.07, 6.45) is 15.4. The average molecular weight is 486 g/mol. The monoisotopic (exact) mass is 485 g/mol. The number of benzene rings is 1. The van der Waals surface area contributed by atoms with E-state index in [2.05, 4.69) is 38.5 Å². The van der Waals surface area contributed by atoms with E-state index in [1.807, 2.05) is 25.1 Å². The van der Waals surface area contributed by atoms with Crippen LogP contribution in [0.5, 0.6) is 0 Å². The third kappa shape index (κ3) is 11.4. The Balaban J connectivity index is 0.000000292. The fourth-order valence-corrected chi connectivity index (χ4v) is 4.39. The molecule has 0 N–H and O–H groups in total. The molecular formula is C31H45ClFN. The van der Waals surface area contributed by atoms with Crippen molar-refractivity contribution in [1.82, 2.24) is 4.90 Å². The molecule has 0 spiro atoms. The number of hydrogen-bond donors (Lipinski definition) is 0. The first-order valence-electron chi connectivity index (χ1n) is 12.7. The molecule has 1 saturated carbocycles. The summed E-state index contributed by atoms with van der Waals surface area (Å²) in [7, 11) is 0. The van der Waals surface area contributed by atoms with Crippen molar-refractivity contribution in [3.8, 4) is 0 Å². The molecule has 0 atom stereocenters. The second kappa shape index (κ2) is 16.5. The van der Waals surface area contributed by atoms with E-state index in [0.717, 1.165) is 48.6 Å². The molecule has 0 unspecified atom stereocenters. The molecule has 0 amide bonds. The summed E-state index contributed by atoms with van der Waals surface area (Å²) in [6.45, 7) is 21.8. The lowest BCUT2D eigenvalue weighted by Crippen LogP contribution is -2.32. The molecule has 1 heterocycles. The lowest BCUT2D eigenvalue weighted by molar-refractivity contribution is 0.252. The Bertz CT molecular complexity index is 845. The van der Waals surface area contributed by atoms with Crippen LogP contribution < -0.4 is 0 Å². The Labute approximate surface area is 213 Å². The molecule has 1 saturated heterocycles. The minimum Gasteiger partial charge on any atom is -0.372 e. The van der Waals surface area contributed by atoms with Crippen LogP contribution in [0, 0.1) is 5.92 Å². The van der Waals surface area contributed by atoms with Crippen molar-refractivity contribution in [2.75, 3.05) is 13.1 Å². The zero-order valence-corrected chi connectivity index (χ0v) is 22.7. The number of likely N-dealkylation sites (tertiary alicyclic amines) is 1. The maximum absolute atomic E-state index is 12.9. The van der Waals surface area contributed by atoms with E-state index < -0.39 is 0 Å². The lowest BCUT2D eigenvalue weighted by atomic mass is 9.91. The number of nitrogens with zero attached hydrogens (tertiary/aromatic N) is 1.